The van der Waals surface area contributed by atoms with Gasteiger partial charge in [-0.3, -0.25) is 14.5 Å². The lowest BCUT2D eigenvalue weighted by molar-refractivity contribution is 0.0721. The SMILES string of the molecule is CC(C)N(CCCCNC(=O)c1ccc(C(=O)N(Cc2nc3ccccc3[nH]2)Cc2nc3ccccc3[nH]2)cc1)C(C)C. The van der Waals surface area contributed by atoms with Crippen LogP contribution in [0.1, 0.15) is 72.9 Å². The number of para-hydroxylation sites is 4. The Morgan fingerprint density at radius 2 is 1.23 bits per heavy atom. The highest BCUT2D eigenvalue weighted by molar-refractivity contribution is 5.97. The summed E-state index contributed by atoms with van der Waals surface area (Å²) in [5.41, 5.74) is 4.56. The van der Waals surface area contributed by atoms with Crippen molar-refractivity contribution in [3.05, 3.63) is 95.6 Å². The number of hydrogen-bond donors (Lipinski definition) is 3. The van der Waals surface area contributed by atoms with E-state index < -0.39 is 0 Å². The lowest BCUT2D eigenvalue weighted by atomic mass is 10.1. The van der Waals surface area contributed by atoms with E-state index in [1.54, 1.807) is 29.2 Å². The molecule has 0 aliphatic rings. The van der Waals surface area contributed by atoms with E-state index in [1.807, 2.05) is 48.5 Å². The molecule has 5 aromatic rings. The molecule has 5 rings (SSSR count). The number of aromatic nitrogens is 4. The van der Waals surface area contributed by atoms with E-state index in [0.29, 0.717) is 41.4 Å². The number of rotatable bonds is 13. The number of unbranched alkanes of at least 4 members (excludes halogenated alkanes) is 1. The fraction of sp³-hybridized carbons (Fsp3) is 0.353. The Balaban J connectivity index is 1.24. The summed E-state index contributed by atoms with van der Waals surface area (Å²) < 4.78 is 0. The molecule has 3 aromatic carbocycles. The molecule has 0 radical (unpaired) electrons. The molecule has 2 amide bonds. The minimum atomic E-state index is -0.173. The Morgan fingerprint density at radius 1 is 0.721 bits per heavy atom. The van der Waals surface area contributed by atoms with Gasteiger partial charge < -0.3 is 20.2 Å². The van der Waals surface area contributed by atoms with Crippen LogP contribution >= 0.6 is 0 Å². The van der Waals surface area contributed by atoms with Crippen molar-refractivity contribution in [1.82, 2.24) is 35.1 Å². The van der Waals surface area contributed by atoms with Crippen molar-refractivity contribution < 1.29 is 9.59 Å². The molecule has 43 heavy (non-hydrogen) atoms. The Bertz CT molecular complexity index is 1520. The third-order valence-corrected chi connectivity index (χ3v) is 7.69. The second-order valence-electron chi connectivity index (χ2n) is 11.5. The van der Waals surface area contributed by atoms with Crippen molar-refractivity contribution in [2.24, 2.45) is 0 Å². The summed E-state index contributed by atoms with van der Waals surface area (Å²) in [4.78, 5) is 46.8. The van der Waals surface area contributed by atoms with Gasteiger partial charge in [-0.05, 0) is 95.6 Å². The molecule has 0 aliphatic carbocycles. The number of benzene rings is 3. The molecule has 0 aliphatic heterocycles. The van der Waals surface area contributed by atoms with Gasteiger partial charge in [0.15, 0.2) is 0 Å². The second kappa shape index (κ2) is 13.6. The van der Waals surface area contributed by atoms with Crippen LogP contribution in [0.5, 0.6) is 0 Å². The second-order valence-corrected chi connectivity index (χ2v) is 11.5. The zero-order valence-electron chi connectivity index (χ0n) is 25.4. The third kappa shape index (κ3) is 7.48. The molecule has 0 saturated carbocycles. The first-order chi connectivity index (χ1) is 20.8. The number of nitrogens with zero attached hydrogens (tertiary/aromatic N) is 4. The maximum Gasteiger partial charge on any atom is 0.254 e. The number of H-pyrrole nitrogens is 2. The van der Waals surface area contributed by atoms with Crippen LogP contribution in [-0.4, -0.2) is 66.7 Å². The van der Waals surface area contributed by atoms with Crippen LogP contribution in [0.2, 0.25) is 0 Å². The van der Waals surface area contributed by atoms with E-state index in [1.165, 1.54) is 0 Å². The normalized spacial score (nSPS) is 11.7. The smallest absolute Gasteiger partial charge is 0.254 e. The van der Waals surface area contributed by atoms with Crippen molar-refractivity contribution in [3.8, 4) is 0 Å². The largest absolute Gasteiger partial charge is 0.352 e. The quantitative estimate of drug-likeness (QED) is 0.150. The van der Waals surface area contributed by atoms with E-state index in [4.69, 9.17) is 0 Å². The van der Waals surface area contributed by atoms with E-state index in [2.05, 4.69) is 57.8 Å². The number of carbonyl (C=O) groups excluding carboxylic acids is 2. The zero-order chi connectivity index (χ0) is 30.3. The van der Waals surface area contributed by atoms with Gasteiger partial charge in [0.2, 0.25) is 0 Å². The molecule has 0 atom stereocenters. The van der Waals surface area contributed by atoms with Crippen LogP contribution in [0, 0.1) is 0 Å². The fourth-order valence-corrected chi connectivity index (χ4v) is 5.50. The van der Waals surface area contributed by atoms with Gasteiger partial charge in [0.05, 0.1) is 35.2 Å². The van der Waals surface area contributed by atoms with Crippen molar-refractivity contribution >= 4 is 33.9 Å². The van der Waals surface area contributed by atoms with Crippen LogP contribution in [-0.2, 0) is 13.1 Å². The van der Waals surface area contributed by atoms with Crippen molar-refractivity contribution in [2.75, 3.05) is 13.1 Å². The molecule has 0 bridgehead atoms. The minimum Gasteiger partial charge on any atom is -0.352 e. The summed E-state index contributed by atoms with van der Waals surface area (Å²) >= 11 is 0. The molecule has 2 aromatic heterocycles. The Labute approximate surface area is 252 Å². The predicted molar refractivity (Wildman–Crippen MR) is 171 cm³/mol. The van der Waals surface area contributed by atoms with Gasteiger partial charge in [-0.2, -0.15) is 0 Å². The van der Waals surface area contributed by atoms with Crippen LogP contribution in [0.25, 0.3) is 22.1 Å². The standard InChI is InChI=1S/C34H41N7O2/c1-23(2)41(24(3)4)20-10-9-19-35-33(42)25-15-17-26(18-16-25)34(43)40(21-31-36-27-11-5-6-12-28(27)37-31)22-32-38-29-13-7-8-14-30(29)39-32/h5-8,11-18,23-24H,9-10,19-22H2,1-4H3,(H,35,42)(H,36,37)(H,38,39). The van der Waals surface area contributed by atoms with E-state index in [9.17, 15) is 9.59 Å². The van der Waals surface area contributed by atoms with Gasteiger partial charge in [0.25, 0.3) is 11.8 Å². The molecule has 0 fully saturated rings. The highest BCUT2D eigenvalue weighted by atomic mass is 16.2. The molecule has 0 saturated heterocycles. The number of aromatic amines is 2. The summed E-state index contributed by atoms with van der Waals surface area (Å²) in [6.07, 6.45) is 1.94. The first-order valence-corrected chi connectivity index (χ1v) is 15.1. The van der Waals surface area contributed by atoms with Crippen molar-refractivity contribution in [2.45, 2.75) is 65.7 Å². The zero-order valence-corrected chi connectivity index (χ0v) is 25.4. The molecule has 2 heterocycles. The molecular formula is C34H41N7O2. The average Bonchev–Trinajstić information content (AvgIpc) is 3.60. The third-order valence-electron chi connectivity index (χ3n) is 7.69. The Hall–Kier alpha value is -4.50. The topological polar surface area (TPSA) is 110 Å². The van der Waals surface area contributed by atoms with E-state index in [-0.39, 0.29) is 24.9 Å². The van der Waals surface area contributed by atoms with Gasteiger partial charge in [0.1, 0.15) is 11.6 Å². The maximum atomic E-state index is 13.8. The van der Waals surface area contributed by atoms with Crippen LogP contribution in [0.3, 0.4) is 0 Å². The van der Waals surface area contributed by atoms with Crippen LogP contribution < -0.4 is 5.32 Å². The molecular weight excluding hydrogens is 538 g/mol. The minimum absolute atomic E-state index is 0.134. The van der Waals surface area contributed by atoms with E-state index in [0.717, 1.165) is 41.5 Å². The summed E-state index contributed by atoms with van der Waals surface area (Å²) in [6, 6.07) is 23.4. The summed E-state index contributed by atoms with van der Waals surface area (Å²) in [6.45, 7) is 11.0. The van der Waals surface area contributed by atoms with E-state index >= 15 is 0 Å². The monoisotopic (exact) mass is 579 g/mol. The number of amides is 2. The number of nitrogens with one attached hydrogen (secondary N) is 3. The average molecular weight is 580 g/mol. The first kappa shape index (κ1) is 30.0. The molecule has 0 unspecified atom stereocenters. The molecule has 0 spiro atoms. The van der Waals surface area contributed by atoms with Gasteiger partial charge in [-0.15, -0.1) is 0 Å². The number of carbonyl (C=O) groups is 2. The van der Waals surface area contributed by atoms with Crippen molar-refractivity contribution in [1.29, 1.82) is 0 Å². The fourth-order valence-electron chi connectivity index (χ4n) is 5.50. The van der Waals surface area contributed by atoms with Gasteiger partial charge in [-0.25, -0.2) is 9.97 Å². The van der Waals surface area contributed by atoms with Crippen LogP contribution in [0.4, 0.5) is 0 Å². The predicted octanol–water partition coefficient (Wildman–Crippen LogP) is 5.91. The number of fused-ring (bicyclic) bond motifs is 2. The highest BCUT2D eigenvalue weighted by Gasteiger charge is 2.21. The first-order valence-electron chi connectivity index (χ1n) is 15.1. The van der Waals surface area contributed by atoms with Gasteiger partial charge >= 0.3 is 0 Å². The molecule has 3 N–H and O–H groups in total. The highest BCUT2D eigenvalue weighted by Crippen LogP contribution is 2.18. The number of imidazole rings is 2. The molecule has 9 heteroatoms. The van der Waals surface area contributed by atoms with Crippen molar-refractivity contribution in [3.63, 3.8) is 0 Å². The Kier molecular flexibility index (Phi) is 9.51. The molecule has 9 nitrogen and oxygen atoms in total. The lowest BCUT2D eigenvalue weighted by Crippen LogP contribution is -2.38. The lowest BCUT2D eigenvalue weighted by Gasteiger charge is -2.30. The Morgan fingerprint density at radius 3 is 1.74 bits per heavy atom. The number of hydrogen-bond acceptors (Lipinski definition) is 5. The van der Waals surface area contributed by atoms with Gasteiger partial charge in [0, 0.05) is 29.8 Å². The maximum absolute atomic E-state index is 13.8. The summed E-state index contributed by atoms with van der Waals surface area (Å²) in [5.74, 6) is 1.07. The molecule has 224 valence electrons. The van der Waals surface area contributed by atoms with Crippen LogP contribution in [0.15, 0.2) is 72.8 Å². The summed E-state index contributed by atoms with van der Waals surface area (Å²) in [7, 11) is 0. The van der Waals surface area contributed by atoms with Gasteiger partial charge in [-0.1, -0.05) is 24.3 Å². The summed E-state index contributed by atoms with van der Waals surface area (Å²) in [5, 5.41) is 3.02.